The third-order valence-corrected chi connectivity index (χ3v) is 3.56. The van der Waals surface area contributed by atoms with Crippen molar-refractivity contribution in [2.45, 2.75) is 20.4 Å². The topological polar surface area (TPSA) is 63.2 Å². The first-order valence-electron chi connectivity index (χ1n) is 6.92. The molecule has 0 aliphatic rings. The summed E-state index contributed by atoms with van der Waals surface area (Å²) in [5.74, 6) is -0.300. The molecule has 0 saturated carbocycles. The number of anilines is 2. The molecule has 6 heteroatoms. The van der Waals surface area contributed by atoms with Gasteiger partial charge < -0.3 is 15.4 Å². The molecule has 2 aromatic rings. The van der Waals surface area contributed by atoms with Crippen LogP contribution in [-0.4, -0.2) is 24.1 Å². The van der Waals surface area contributed by atoms with Gasteiger partial charge in [-0.25, -0.2) is 9.78 Å². The minimum Gasteiger partial charge on any atom is -0.462 e. The molecule has 0 aliphatic carbocycles. The fourth-order valence-corrected chi connectivity index (χ4v) is 2.46. The number of ether oxygens (including phenoxy) is 1. The average molecular weight is 305 g/mol. The highest BCUT2D eigenvalue weighted by molar-refractivity contribution is 7.13. The number of nitrogens with zero attached hydrogens (tertiary/aromatic N) is 1. The van der Waals surface area contributed by atoms with Gasteiger partial charge in [0.2, 0.25) is 0 Å². The van der Waals surface area contributed by atoms with Crippen LogP contribution in [0.2, 0.25) is 0 Å². The van der Waals surface area contributed by atoms with Crippen molar-refractivity contribution in [2.24, 2.45) is 0 Å². The molecule has 2 N–H and O–H groups in total. The van der Waals surface area contributed by atoms with E-state index in [0.717, 1.165) is 29.6 Å². The lowest BCUT2D eigenvalue weighted by Gasteiger charge is -2.05. The Morgan fingerprint density at radius 2 is 2.05 bits per heavy atom. The van der Waals surface area contributed by atoms with Crippen LogP contribution in [0.5, 0.6) is 0 Å². The summed E-state index contributed by atoms with van der Waals surface area (Å²) in [6.07, 6.45) is 0. The number of thiazole rings is 1. The molecular formula is C15H19N3O2S. The lowest BCUT2D eigenvalue weighted by molar-refractivity contribution is 0.0526. The maximum atomic E-state index is 11.6. The molecule has 112 valence electrons. The van der Waals surface area contributed by atoms with Gasteiger partial charge in [-0.15, -0.1) is 11.3 Å². The smallest absolute Gasteiger partial charge is 0.338 e. The third kappa shape index (κ3) is 4.54. The van der Waals surface area contributed by atoms with Gasteiger partial charge in [-0.3, -0.25) is 0 Å². The van der Waals surface area contributed by atoms with Crippen LogP contribution in [0.3, 0.4) is 0 Å². The Morgan fingerprint density at radius 3 is 2.71 bits per heavy atom. The van der Waals surface area contributed by atoms with E-state index in [1.165, 1.54) is 0 Å². The molecule has 1 aromatic carbocycles. The summed E-state index contributed by atoms with van der Waals surface area (Å²) >= 11 is 1.56. The lowest BCUT2D eigenvalue weighted by atomic mass is 10.2. The summed E-state index contributed by atoms with van der Waals surface area (Å²) in [6, 6.07) is 7.18. The van der Waals surface area contributed by atoms with Gasteiger partial charge in [-0.1, -0.05) is 6.92 Å². The molecule has 21 heavy (non-hydrogen) atoms. The van der Waals surface area contributed by atoms with E-state index in [4.69, 9.17) is 4.74 Å². The van der Waals surface area contributed by atoms with Crippen molar-refractivity contribution in [1.82, 2.24) is 10.3 Å². The molecule has 5 nitrogen and oxygen atoms in total. The summed E-state index contributed by atoms with van der Waals surface area (Å²) < 4.78 is 4.95. The molecule has 0 radical (unpaired) electrons. The minimum absolute atomic E-state index is 0.300. The van der Waals surface area contributed by atoms with Crippen molar-refractivity contribution in [1.29, 1.82) is 0 Å². The molecule has 0 aliphatic heterocycles. The van der Waals surface area contributed by atoms with E-state index < -0.39 is 0 Å². The van der Waals surface area contributed by atoms with Crippen molar-refractivity contribution >= 4 is 28.1 Å². The second-order valence-electron chi connectivity index (χ2n) is 4.35. The Labute approximate surface area is 128 Å². The highest BCUT2D eigenvalue weighted by atomic mass is 32.1. The minimum atomic E-state index is -0.300. The van der Waals surface area contributed by atoms with E-state index in [1.54, 1.807) is 30.4 Å². The Kier molecular flexibility index (Phi) is 5.71. The number of benzene rings is 1. The number of esters is 1. The van der Waals surface area contributed by atoms with Gasteiger partial charge in [0.25, 0.3) is 0 Å². The van der Waals surface area contributed by atoms with E-state index in [0.29, 0.717) is 12.2 Å². The molecule has 2 rings (SSSR count). The molecule has 0 bridgehead atoms. The quantitative estimate of drug-likeness (QED) is 0.769. The molecule has 0 atom stereocenters. The number of aromatic nitrogens is 1. The number of carbonyl (C=O) groups excluding carboxylic acids is 1. The van der Waals surface area contributed by atoms with Gasteiger partial charge in [0.05, 0.1) is 17.9 Å². The molecular weight excluding hydrogens is 286 g/mol. The Hall–Kier alpha value is -1.92. The van der Waals surface area contributed by atoms with Gasteiger partial charge in [0.1, 0.15) is 0 Å². The van der Waals surface area contributed by atoms with Crippen LogP contribution in [0.4, 0.5) is 10.8 Å². The van der Waals surface area contributed by atoms with Crippen LogP contribution in [0.15, 0.2) is 29.6 Å². The first kappa shape index (κ1) is 15.5. The highest BCUT2D eigenvalue weighted by Crippen LogP contribution is 2.21. The molecule has 0 amide bonds. The van der Waals surface area contributed by atoms with Crippen molar-refractivity contribution < 1.29 is 9.53 Å². The van der Waals surface area contributed by atoms with Gasteiger partial charge >= 0.3 is 5.97 Å². The van der Waals surface area contributed by atoms with E-state index in [2.05, 4.69) is 22.5 Å². The normalized spacial score (nSPS) is 10.4. The predicted molar refractivity (Wildman–Crippen MR) is 85.2 cm³/mol. The zero-order valence-corrected chi connectivity index (χ0v) is 13.0. The number of hydrogen-bond acceptors (Lipinski definition) is 6. The number of hydrogen-bond donors (Lipinski definition) is 2. The molecule has 0 saturated heterocycles. The summed E-state index contributed by atoms with van der Waals surface area (Å²) in [5, 5.41) is 9.33. The monoisotopic (exact) mass is 305 g/mol. The fraction of sp³-hybridized carbons (Fsp3) is 0.333. The van der Waals surface area contributed by atoms with Crippen LogP contribution in [0, 0.1) is 0 Å². The summed E-state index contributed by atoms with van der Waals surface area (Å²) in [7, 11) is 0. The van der Waals surface area contributed by atoms with Gasteiger partial charge in [-0.2, -0.15) is 0 Å². The van der Waals surface area contributed by atoms with E-state index >= 15 is 0 Å². The number of carbonyl (C=O) groups is 1. The van der Waals surface area contributed by atoms with Crippen LogP contribution >= 0.6 is 11.3 Å². The number of rotatable bonds is 7. The molecule has 1 heterocycles. The second kappa shape index (κ2) is 7.75. The predicted octanol–water partition coefficient (Wildman–Crippen LogP) is 3.17. The van der Waals surface area contributed by atoms with Crippen molar-refractivity contribution in [3.05, 3.63) is 40.9 Å². The SMILES string of the molecule is CCNCc1csc(Nc2ccc(C(=O)OCC)cc2)n1. The van der Waals surface area contributed by atoms with Crippen molar-refractivity contribution in [2.75, 3.05) is 18.5 Å². The highest BCUT2D eigenvalue weighted by Gasteiger charge is 2.06. The maximum absolute atomic E-state index is 11.6. The van der Waals surface area contributed by atoms with Crippen molar-refractivity contribution in [3.8, 4) is 0 Å². The van der Waals surface area contributed by atoms with Gasteiger partial charge in [0, 0.05) is 17.6 Å². The Balaban J connectivity index is 1.96. The zero-order chi connectivity index (χ0) is 15.1. The van der Waals surface area contributed by atoms with Gasteiger partial charge in [-0.05, 0) is 37.7 Å². The number of nitrogens with one attached hydrogen (secondary N) is 2. The zero-order valence-electron chi connectivity index (χ0n) is 12.2. The van der Waals surface area contributed by atoms with Crippen LogP contribution in [0.25, 0.3) is 0 Å². The van der Waals surface area contributed by atoms with E-state index in [-0.39, 0.29) is 5.97 Å². The third-order valence-electron chi connectivity index (χ3n) is 2.76. The second-order valence-corrected chi connectivity index (χ2v) is 5.21. The molecule has 0 spiro atoms. The van der Waals surface area contributed by atoms with E-state index in [9.17, 15) is 4.79 Å². The first-order chi connectivity index (χ1) is 10.2. The molecule has 0 fully saturated rings. The molecule has 1 aromatic heterocycles. The Bertz CT molecular complexity index is 581. The Morgan fingerprint density at radius 1 is 1.29 bits per heavy atom. The summed E-state index contributed by atoms with van der Waals surface area (Å²) in [6.45, 7) is 5.94. The lowest BCUT2D eigenvalue weighted by Crippen LogP contribution is -2.11. The van der Waals surface area contributed by atoms with Crippen molar-refractivity contribution in [3.63, 3.8) is 0 Å². The van der Waals surface area contributed by atoms with Gasteiger partial charge in [0.15, 0.2) is 5.13 Å². The summed E-state index contributed by atoms with van der Waals surface area (Å²) in [4.78, 5) is 16.0. The largest absolute Gasteiger partial charge is 0.462 e. The molecule has 0 unspecified atom stereocenters. The van der Waals surface area contributed by atoms with E-state index in [1.807, 2.05) is 17.5 Å². The first-order valence-corrected chi connectivity index (χ1v) is 7.80. The standard InChI is InChI=1S/C15H19N3O2S/c1-3-16-9-13-10-21-15(18-13)17-12-7-5-11(6-8-12)14(19)20-4-2/h5-8,10,16H,3-4,9H2,1-2H3,(H,17,18). The average Bonchev–Trinajstić information content (AvgIpc) is 2.93. The summed E-state index contributed by atoms with van der Waals surface area (Å²) in [5.41, 5.74) is 2.47. The van der Waals surface area contributed by atoms with Crippen LogP contribution in [0.1, 0.15) is 29.9 Å². The maximum Gasteiger partial charge on any atom is 0.338 e. The van der Waals surface area contributed by atoms with Crippen LogP contribution < -0.4 is 10.6 Å². The van der Waals surface area contributed by atoms with Crippen LogP contribution in [-0.2, 0) is 11.3 Å². The fourth-order valence-electron chi connectivity index (χ4n) is 1.73.